The Morgan fingerprint density at radius 3 is 2.40 bits per heavy atom. The lowest BCUT2D eigenvalue weighted by Gasteiger charge is -2.26. The first-order valence-electron chi connectivity index (χ1n) is 5.79. The van der Waals surface area contributed by atoms with E-state index in [9.17, 15) is 4.79 Å². The van der Waals surface area contributed by atoms with E-state index in [0.717, 1.165) is 19.1 Å². The van der Waals surface area contributed by atoms with Crippen LogP contribution in [0.4, 0.5) is 0 Å². The average Bonchev–Trinajstić information content (AvgIpc) is 2.60. The fourth-order valence-corrected chi connectivity index (χ4v) is 2.00. The molecule has 0 spiro atoms. The van der Waals surface area contributed by atoms with E-state index in [1.165, 1.54) is 0 Å². The third-order valence-electron chi connectivity index (χ3n) is 3.21. The Balaban J connectivity index is 2.35. The van der Waals surface area contributed by atoms with E-state index in [0.29, 0.717) is 31.5 Å². The van der Waals surface area contributed by atoms with Gasteiger partial charge in [-0.25, -0.2) is 0 Å². The van der Waals surface area contributed by atoms with Crippen LogP contribution in [0, 0.1) is 11.8 Å². The molecule has 15 heavy (non-hydrogen) atoms. The molecule has 0 aromatic carbocycles. The van der Waals surface area contributed by atoms with Gasteiger partial charge in [-0.1, -0.05) is 13.8 Å². The van der Waals surface area contributed by atoms with Gasteiger partial charge in [0, 0.05) is 12.8 Å². The zero-order chi connectivity index (χ0) is 11.3. The average molecular weight is 214 g/mol. The van der Waals surface area contributed by atoms with Gasteiger partial charge in [0.1, 0.15) is 6.29 Å². The van der Waals surface area contributed by atoms with Crippen molar-refractivity contribution in [1.29, 1.82) is 0 Å². The summed E-state index contributed by atoms with van der Waals surface area (Å²) < 4.78 is 11.1. The first kappa shape index (κ1) is 12.7. The van der Waals surface area contributed by atoms with Gasteiger partial charge in [-0.05, 0) is 25.2 Å². The summed E-state index contributed by atoms with van der Waals surface area (Å²) in [6.45, 7) is 7.69. The first-order valence-corrected chi connectivity index (χ1v) is 5.79. The molecule has 0 N–H and O–H groups in total. The molecule has 0 saturated carbocycles. The first-order chi connectivity index (χ1) is 7.07. The van der Waals surface area contributed by atoms with Crippen molar-refractivity contribution in [1.82, 2.24) is 0 Å². The predicted molar refractivity (Wildman–Crippen MR) is 58.6 cm³/mol. The van der Waals surface area contributed by atoms with Crippen molar-refractivity contribution >= 4 is 6.29 Å². The molecule has 1 rings (SSSR count). The minimum absolute atomic E-state index is 0.407. The van der Waals surface area contributed by atoms with Gasteiger partial charge in [0.15, 0.2) is 5.79 Å². The van der Waals surface area contributed by atoms with E-state index in [-0.39, 0.29) is 0 Å². The SMILES string of the molecule is CC(C)[C@@H](CC=O)CCC1(C)OCCO1. The van der Waals surface area contributed by atoms with Crippen molar-refractivity contribution in [2.75, 3.05) is 13.2 Å². The van der Waals surface area contributed by atoms with Crippen LogP contribution in [0.3, 0.4) is 0 Å². The largest absolute Gasteiger partial charge is 0.348 e. The van der Waals surface area contributed by atoms with Gasteiger partial charge < -0.3 is 14.3 Å². The Morgan fingerprint density at radius 1 is 1.33 bits per heavy atom. The fourth-order valence-electron chi connectivity index (χ4n) is 2.00. The maximum Gasteiger partial charge on any atom is 0.165 e. The summed E-state index contributed by atoms with van der Waals surface area (Å²) in [7, 11) is 0. The van der Waals surface area contributed by atoms with Gasteiger partial charge >= 0.3 is 0 Å². The maximum atomic E-state index is 10.5. The summed E-state index contributed by atoms with van der Waals surface area (Å²) in [6, 6.07) is 0. The number of hydrogen-bond acceptors (Lipinski definition) is 3. The zero-order valence-corrected chi connectivity index (χ0v) is 9.99. The van der Waals surface area contributed by atoms with Crippen LogP contribution in [0.5, 0.6) is 0 Å². The molecule has 1 heterocycles. The summed E-state index contributed by atoms with van der Waals surface area (Å²) in [5, 5.41) is 0. The molecule has 0 aromatic heterocycles. The highest BCUT2D eigenvalue weighted by Gasteiger charge is 2.31. The fraction of sp³-hybridized carbons (Fsp3) is 0.917. The van der Waals surface area contributed by atoms with Crippen LogP contribution in [0.2, 0.25) is 0 Å². The van der Waals surface area contributed by atoms with Crippen LogP contribution in [-0.4, -0.2) is 25.3 Å². The molecule has 1 atom stereocenters. The summed E-state index contributed by atoms with van der Waals surface area (Å²) >= 11 is 0. The normalized spacial score (nSPS) is 21.9. The van der Waals surface area contributed by atoms with E-state index in [2.05, 4.69) is 13.8 Å². The summed E-state index contributed by atoms with van der Waals surface area (Å²) in [5.74, 6) is 0.586. The number of ether oxygens (including phenoxy) is 2. The van der Waals surface area contributed by atoms with Crippen LogP contribution in [0.15, 0.2) is 0 Å². The summed E-state index contributed by atoms with van der Waals surface area (Å²) in [6.07, 6.45) is 3.54. The van der Waals surface area contributed by atoms with Crippen LogP contribution < -0.4 is 0 Å². The number of rotatable bonds is 6. The lowest BCUT2D eigenvalue weighted by Crippen LogP contribution is -2.27. The summed E-state index contributed by atoms with van der Waals surface area (Å²) in [5.41, 5.74) is 0. The molecule has 3 nitrogen and oxygen atoms in total. The van der Waals surface area contributed by atoms with Gasteiger partial charge in [0.2, 0.25) is 0 Å². The zero-order valence-electron chi connectivity index (χ0n) is 9.99. The molecular formula is C12H22O3. The monoisotopic (exact) mass is 214 g/mol. The van der Waals surface area contributed by atoms with Crippen molar-refractivity contribution in [3.05, 3.63) is 0 Å². The number of carbonyl (C=O) groups is 1. The molecule has 1 saturated heterocycles. The van der Waals surface area contributed by atoms with Crippen molar-refractivity contribution in [3.63, 3.8) is 0 Å². The highest BCUT2D eigenvalue weighted by molar-refractivity contribution is 5.49. The smallest absolute Gasteiger partial charge is 0.165 e. The molecule has 1 fully saturated rings. The van der Waals surface area contributed by atoms with Gasteiger partial charge in [-0.2, -0.15) is 0 Å². The van der Waals surface area contributed by atoms with E-state index in [1.54, 1.807) is 0 Å². The van der Waals surface area contributed by atoms with Crippen molar-refractivity contribution in [2.24, 2.45) is 11.8 Å². The van der Waals surface area contributed by atoms with E-state index >= 15 is 0 Å². The minimum atomic E-state index is -0.407. The molecular weight excluding hydrogens is 192 g/mol. The molecule has 0 radical (unpaired) electrons. The van der Waals surface area contributed by atoms with Crippen molar-refractivity contribution in [3.8, 4) is 0 Å². The number of carbonyl (C=O) groups excluding carboxylic acids is 1. The van der Waals surface area contributed by atoms with Crippen LogP contribution in [0.25, 0.3) is 0 Å². The van der Waals surface area contributed by atoms with Gasteiger partial charge in [0.05, 0.1) is 13.2 Å². The molecule has 1 aliphatic rings. The topological polar surface area (TPSA) is 35.5 Å². The third kappa shape index (κ3) is 3.92. The number of aldehydes is 1. The minimum Gasteiger partial charge on any atom is -0.348 e. The molecule has 0 aromatic rings. The highest BCUT2D eigenvalue weighted by Crippen LogP contribution is 2.29. The van der Waals surface area contributed by atoms with Crippen LogP contribution in [0.1, 0.15) is 40.0 Å². The second-order valence-electron chi connectivity index (χ2n) is 4.78. The second kappa shape index (κ2) is 5.61. The molecule has 0 amide bonds. The predicted octanol–water partition coefficient (Wildman–Crippen LogP) is 2.39. The molecule has 3 heteroatoms. The molecule has 88 valence electrons. The highest BCUT2D eigenvalue weighted by atomic mass is 16.7. The lowest BCUT2D eigenvalue weighted by atomic mass is 9.87. The van der Waals surface area contributed by atoms with Crippen molar-refractivity contribution < 1.29 is 14.3 Å². The summed E-state index contributed by atoms with van der Waals surface area (Å²) in [4.78, 5) is 10.5. The second-order valence-corrected chi connectivity index (χ2v) is 4.78. The van der Waals surface area contributed by atoms with Crippen LogP contribution in [-0.2, 0) is 14.3 Å². The maximum absolute atomic E-state index is 10.5. The Kier molecular flexibility index (Phi) is 4.74. The molecule has 0 bridgehead atoms. The van der Waals surface area contributed by atoms with E-state index < -0.39 is 5.79 Å². The molecule has 0 aliphatic carbocycles. The Hall–Kier alpha value is -0.410. The Bertz CT molecular complexity index is 195. The standard InChI is InChI=1S/C12H22O3/c1-10(2)11(5-7-13)4-6-12(3)14-8-9-15-12/h7,10-11H,4-6,8-9H2,1-3H3/t11-/m1/s1. The van der Waals surface area contributed by atoms with Gasteiger partial charge in [-0.15, -0.1) is 0 Å². The third-order valence-corrected chi connectivity index (χ3v) is 3.21. The molecule has 1 aliphatic heterocycles. The lowest BCUT2D eigenvalue weighted by molar-refractivity contribution is -0.150. The quantitative estimate of drug-likeness (QED) is 0.637. The Labute approximate surface area is 92.1 Å². The number of hydrogen-bond donors (Lipinski definition) is 0. The van der Waals surface area contributed by atoms with Crippen molar-refractivity contribution in [2.45, 2.75) is 45.8 Å². The van der Waals surface area contributed by atoms with Gasteiger partial charge in [0.25, 0.3) is 0 Å². The molecule has 0 unspecified atom stereocenters. The Morgan fingerprint density at radius 2 is 1.93 bits per heavy atom. The van der Waals surface area contributed by atoms with Crippen LogP contribution >= 0.6 is 0 Å². The van der Waals surface area contributed by atoms with E-state index in [1.807, 2.05) is 6.92 Å². The van der Waals surface area contributed by atoms with Gasteiger partial charge in [-0.3, -0.25) is 0 Å². The van der Waals surface area contributed by atoms with E-state index in [4.69, 9.17) is 9.47 Å².